The molecule has 1 heterocycles. The van der Waals surface area contributed by atoms with Crippen LogP contribution in [0.2, 0.25) is 0 Å². The molecule has 0 amide bonds. The van der Waals surface area contributed by atoms with Crippen molar-refractivity contribution < 1.29 is 4.74 Å². The maximum Gasteiger partial charge on any atom is 0.0603 e. The van der Waals surface area contributed by atoms with E-state index in [9.17, 15) is 0 Å². The molecule has 1 saturated heterocycles. The summed E-state index contributed by atoms with van der Waals surface area (Å²) >= 11 is 0. The van der Waals surface area contributed by atoms with Crippen molar-refractivity contribution in [3.05, 3.63) is 35.4 Å². The fourth-order valence-corrected chi connectivity index (χ4v) is 5.22. The monoisotopic (exact) mass is 370 g/mol. The minimum atomic E-state index is 0.571. The Kier molecular flexibility index (Phi) is 8.71. The van der Waals surface area contributed by atoms with Crippen LogP contribution in [-0.4, -0.2) is 12.7 Å². The standard InChI is InChI=1S/C26H42O/c1-3-5-6-7-22-8-10-23(11-9-22)12-13-24-16-19-26(27-20-24)25-17-14-21(4-2)15-18-25/h8-11,21,24-26H,3-7,12-20H2,1-2H3. The van der Waals surface area contributed by atoms with Crippen LogP contribution in [0.25, 0.3) is 0 Å². The Bertz CT molecular complexity index is 504. The molecule has 0 radical (unpaired) electrons. The highest BCUT2D eigenvalue weighted by Crippen LogP contribution is 2.37. The van der Waals surface area contributed by atoms with Gasteiger partial charge in [0.2, 0.25) is 0 Å². The van der Waals surface area contributed by atoms with Crippen molar-refractivity contribution in [2.24, 2.45) is 17.8 Å². The van der Waals surface area contributed by atoms with E-state index in [1.54, 1.807) is 0 Å². The molecule has 1 aliphatic carbocycles. The molecule has 1 nitrogen and oxygen atoms in total. The quantitative estimate of drug-likeness (QED) is 0.412. The van der Waals surface area contributed by atoms with Crippen LogP contribution in [-0.2, 0) is 17.6 Å². The second-order valence-corrected chi connectivity index (χ2v) is 9.32. The first-order chi connectivity index (χ1) is 13.3. The Morgan fingerprint density at radius 3 is 2.04 bits per heavy atom. The number of unbranched alkanes of at least 4 members (excludes halogenated alkanes) is 2. The van der Waals surface area contributed by atoms with E-state index in [1.807, 2.05) is 0 Å². The summed E-state index contributed by atoms with van der Waals surface area (Å²) < 4.78 is 6.36. The molecule has 2 atom stereocenters. The van der Waals surface area contributed by atoms with Gasteiger partial charge in [-0.05, 0) is 80.2 Å². The second kappa shape index (κ2) is 11.2. The fourth-order valence-electron chi connectivity index (χ4n) is 5.22. The van der Waals surface area contributed by atoms with Gasteiger partial charge in [-0.25, -0.2) is 0 Å². The van der Waals surface area contributed by atoms with E-state index in [-0.39, 0.29) is 0 Å². The van der Waals surface area contributed by atoms with E-state index < -0.39 is 0 Å². The minimum absolute atomic E-state index is 0.571. The van der Waals surface area contributed by atoms with E-state index in [4.69, 9.17) is 4.74 Å². The molecule has 0 bridgehead atoms. The zero-order chi connectivity index (χ0) is 18.9. The third-order valence-corrected chi connectivity index (χ3v) is 7.33. The van der Waals surface area contributed by atoms with Crippen molar-refractivity contribution >= 4 is 0 Å². The molecule has 2 unspecified atom stereocenters. The van der Waals surface area contributed by atoms with Crippen LogP contribution in [0.1, 0.15) is 95.6 Å². The van der Waals surface area contributed by atoms with Crippen molar-refractivity contribution in [1.82, 2.24) is 0 Å². The highest BCUT2D eigenvalue weighted by Gasteiger charge is 2.31. The molecule has 1 saturated carbocycles. The molecular weight excluding hydrogens is 328 g/mol. The number of benzene rings is 1. The summed E-state index contributed by atoms with van der Waals surface area (Å²) in [5.41, 5.74) is 3.02. The average molecular weight is 371 g/mol. The largest absolute Gasteiger partial charge is 0.378 e. The molecule has 152 valence electrons. The zero-order valence-corrected chi connectivity index (χ0v) is 17.9. The van der Waals surface area contributed by atoms with Crippen LogP contribution in [0.15, 0.2) is 24.3 Å². The minimum Gasteiger partial charge on any atom is -0.378 e. The first kappa shape index (κ1) is 20.9. The van der Waals surface area contributed by atoms with Gasteiger partial charge in [0.1, 0.15) is 0 Å². The van der Waals surface area contributed by atoms with Crippen molar-refractivity contribution in [3.63, 3.8) is 0 Å². The summed E-state index contributed by atoms with van der Waals surface area (Å²) in [5, 5.41) is 0. The molecule has 1 aromatic rings. The van der Waals surface area contributed by atoms with E-state index in [2.05, 4.69) is 38.1 Å². The van der Waals surface area contributed by atoms with Gasteiger partial charge in [-0.15, -0.1) is 0 Å². The van der Waals surface area contributed by atoms with Crippen molar-refractivity contribution in [2.75, 3.05) is 6.61 Å². The van der Waals surface area contributed by atoms with Crippen molar-refractivity contribution in [2.45, 2.75) is 103 Å². The number of ether oxygens (including phenoxy) is 1. The lowest BCUT2D eigenvalue weighted by atomic mass is 9.76. The third kappa shape index (κ3) is 6.63. The SMILES string of the molecule is CCCCCc1ccc(CCC2CCC(C3CCC(CC)CC3)OC2)cc1. The zero-order valence-electron chi connectivity index (χ0n) is 17.9. The first-order valence-electron chi connectivity index (χ1n) is 12.0. The lowest BCUT2D eigenvalue weighted by Gasteiger charge is -2.37. The molecule has 0 spiro atoms. The number of hydrogen-bond acceptors (Lipinski definition) is 1. The third-order valence-electron chi connectivity index (χ3n) is 7.33. The summed E-state index contributed by atoms with van der Waals surface area (Å²) in [7, 11) is 0. The smallest absolute Gasteiger partial charge is 0.0603 e. The lowest BCUT2D eigenvalue weighted by molar-refractivity contribution is -0.0593. The molecule has 1 heteroatoms. The van der Waals surface area contributed by atoms with Gasteiger partial charge in [-0.1, -0.05) is 70.2 Å². The van der Waals surface area contributed by atoms with Crippen LogP contribution >= 0.6 is 0 Å². The molecule has 2 aliphatic rings. The van der Waals surface area contributed by atoms with Gasteiger partial charge >= 0.3 is 0 Å². The van der Waals surface area contributed by atoms with Crippen LogP contribution in [0.4, 0.5) is 0 Å². The topological polar surface area (TPSA) is 9.23 Å². The normalized spacial score (nSPS) is 29.0. The van der Waals surface area contributed by atoms with Crippen LogP contribution in [0, 0.1) is 17.8 Å². The van der Waals surface area contributed by atoms with Gasteiger partial charge in [0.15, 0.2) is 0 Å². The van der Waals surface area contributed by atoms with Gasteiger partial charge in [0.05, 0.1) is 6.10 Å². The average Bonchev–Trinajstić information content (AvgIpc) is 2.74. The maximum atomic E-state index is 6.36. The Labute approximate surface area is 168 Å². The van der Waals surface area contributed by atoms with Gasteiger partial charge in [0.25, 0.3) is 0 Å². The molecule has 27 heavy (non-hydrogen) atoms. The van der Waals surface area contributed by atoms with Crippen LogP contribution < -0.4 is 0 Å². The summed E-state index contributed by atoms with van der Waals surface area (Å²) in [6.07, 6.45) is 18.1. The second-order valence-electron chi connectivity index (χ2n) is 9.32. The summed E-state index contributed by atoms with van der Waals surface area (Å²) in [6.45, 7) is 5.64. The highest BCUT2D eigenvalue weighted by atomic mass is 16.5. The number of hydrogen-bond donors (Lipinski definition) is 0. The predicted molar refractivity (Wildman–Crippen MR) is 116 cm³/mol. The summed E-state index contributed by atoms with van der Waals surface area (Å²) in [4.78, 5) is 0. The van der Waals surface area contributed by atoms with E-state index >= 15 is 0 Å². The van der Waals surface area contributed by atoms with Gasteiger partial charge < -0.3 is 4.74 Å². The fraction of sp³-hybridized carbons (Fsp3) is 0.769. The van der Waals surface area contributed by atoms with Gasteiger partial charge in [-0.3, -0.25) is 0 Å². The van der Waals surface area contributed by atoms with Gasteiger partial charge in [0, 0.05) is 6.61 Å². The molecule has 2 fully saturated rings. The Balaban J connectivity index is 1.33. The molecule has 0 N–H and O–H groups in total. The Morgan fingerprint density at radius 2 is 1.44 bits per heavy atom. The van der Waals surface area contributed by atoms with Crippen LogP contribution in [0.5, 0.6) is 0 Å². The molecule has 1 aromatic carbocycles. The summed E-state index contributed by atoms with van der Waals surface area (Å²) in [5.74, 6) is 2.63. The number of aryl methyl sites for hydroxylation is 2. The van der Waals surface area contributed by atoms with Gasteiger partial charge in [-0.2, -0.15) is 0 Å². The Morgan fingerprint density at radius 1 is 0.778 bits per heavy atom. The van der Waals surface area contributed by atoms with Crippen molar-refractivity contribution in [3.8, 4) is 0 Å². The molecule has 3 rings (SSSR count). The molecular formula is C26H42O. The molecule has 1 aliphatic heterocycles. The lowest BCUT2D eigenvalue weighted by Crippen LogP contribution is -2.34. The Hall–Kier alpha value is -0.820. The predicted octanol–water partition coefficient (Wildman–Crippen LogP) is 7.36. The molecule has 0 aromatic heterocycles. The van der Waals surface area contributed by atoms with Crippen molar-refractivity contribution in [1.29, 1.82) is 0 Å². The number of rotatable bonds is 9. The van der Waals surface area contributed by atoms with E-state index in [0.717, 1.165) is 24.4 Å². The highest BCUT2D eigenvalue weighted by molar-refractivity contribution is 5.22. The van der Waals surface area contributed by atoms with E-state index in [1.165, 1.54) is 94.6 Å². The van der Waals surface area contributed by atoms with Crippen LogP contribution in [0.3, 0.4) is 0 Å². The van der Waals surface area contributed by atoms with E-state index in [0.29, 0.717) is 6.10 Å². The summed E-state index contributed by atoms with van der Waals surface area (Å²) in [6, 6.07) is 9.43. The maximum absolute atomic E-state index is 6.36. The first-order valence-corrected chi connectivity index (χ1v) is 12.0.